The normalized spacial score (nSPS) is 17.4. The zero-order valence-corrected chi connectivity index (χ0v) is 22.7. The number of allylic oxidation sites excluding steroid dienone is 1. The molecule has 4 rings (SSSR count). The smallest absolute Gasteiger partial charge is 0.338 e. The molecule has 10 nitrogen and oxygen atoms in total. The molecule has 0 aliphatic carbocycles. The zero-order chi connectivity index (χ0) is 26.4. The van der Waals surface area contributed by atoms with Crippen molar-refractivity contribution in [2.75, 3.05) is 44.0 Å². The summed E-state index contributed by atoms with van der Waals surface area (Å²) in [4.78, 5) is 32.0. The Morgan fingerprint density at radius 3 is 2.62 bits per heavy atom. The van der Waals surface area contributed by atoms with Crippen LogP contribution in [0.5, 0.6) is 5.75 Å². The fraction of sp³-hybridized carbons (Fsp3) is 0.538. The molecule has 0 spiro atoms. The van der Waals surface area contributed by atoms with Crippen LogP contribution in [0.3, 0.4) is 0 Å². The highest BCUT2D eigenvalue weighted by Gasteiger charge is 2.35. The van der Waals surface area contributed by atoms with E-state index in [0.717, 1.165) is 24.2 Å². The molecule has 3 heterocycles. The van der Waals surface area contributed by atoms with E-state index in [1.54, 1.807) is 33.5 Å². The van der Waals surface area contributed by atoms with E-state index < -0.39 is 12.0 Å². The first kappa shape index (κ1) is 27.0. The number of esters is 1. The average molecular weight is 530 g/mol. The second-order valence-corrected chi connectivity index (χ2v) is 10.3. The van der Waals surface area contributed by atoms with Crippen molar-refractivity contribution in [3.8, 4) is 5.75 Å². The van der Waals surface area contributed by atoms with E-state index >= 15 is 0 Å². The molecule has 2 aliphatic rings. The van der Waals surface area contributed by atoms with Gasteiger partial charge in [0.25, 0.3) is 5.91 Å². The van der Waals surface area contributed by atoms with Gasteiger partial charge in [0.2, 0.25) is 11.1 Å². The van der Waals surface area contributed by atoms with Crippen molar-refractivity contribution in [3.63, 3.8) is 0 Å². The number of morpholine rings is 1. The highest BCUT2D eigenvalue weighted by molar-refractivity contribution is 7.99. The molecule has 200 valence electrons. The van der Waals surface area contributed by atoms with Crippen LogP contribution >= 0.6 is 11.8 Å². The van der Waals surface area contributed by atoms with Gasteiger partial charge in [-0.3, -0.25) is 4.79 Å². The fourth-order valence-corrected chi connectivity index (χ4v) is 5.06. The predicted molar refractivity (Wildman–Crippen MR) is 141 cm³/mol. The molecule has 1 N–H and O–H groups in total. The molecule has 0 bridgehead atoms. The number of nitrogens with zero attached hydrogens (tertiary/aromatic N) is 4. The van der Waals surface area contributed by atoms with Crippen LogP contribution in [0.4, 0.5) is 5.95 Å². The van der Waals surface area contributed by atoms with Gasteiger partial charge in [-0.1, -0.05) is 37.2 Å². The Bertz CT molecular complexity index is 1120. The van der Waals surface area contributed by atoms with Gasteiger partial charge in [0.15, 0.2) is 6.61 Å². The Morgan fingerprint density at radius 2 is 1.95 bits per heavy atom. The van der Waals surface area contributed by atoms with E-state index in [0.29, 0.717) is 54.4 Å². The number of nitrogens with one attached hydrogen (secondary N) is 1. The third kappa shape index (κ3) is 6.64. The third-order valence-corrected chi connectivity index (χ3v) is 6.97. The lowest BCUT2D eigenvalue weighted by molar-refractivity contribution is -0.143. The maximum Gasteiger partial charge on any atom is 0.338 e. The largest absolute Gasteiger partial charge is 0.484 e. The van der Waals surface area contributed by atoms with Crippen LogP contribution in [-0.4, -0.2) is 76.3 Å². The Hall–Kier alpha value is -3.05. The summed E-state index contributed by atoms with van der Waals surface area (Å²) in [6.45, 7) is 9.87. The topological polar surface area (TPSA) is 108 Å². The van der Waals surface area contributed by atoms with Crippen molar-refractivity contribution >= 4 is 29.6 Å². The number of rotatable bonds is 10. The van der Waals surface area contributed by atoms with Gasteiger partial charge in [-0.15, -0.1) is 5.10 Å². The molecule has 1 aromatic heterocycles. The Labute approximate surface area is 221 Å². The molecule has 1 unspecified atom stereocenters. The van der Waals surface area contributed by atoms with Gasteiger partial charge in [-0.05, 0) is 44.9 Å². The maximum absolute atomic E-state index is 13.2. The van der Waals surface area contributed by atoms with E-state index in [1.165, 1.54) is 0 Å². The number of carbonyl (C=O) groups is 2. The van der Waals surface area contributed by atoms with Gasteiger partial charge in [0, 0.05) is 24.5 Å². The van der Waals surface area contributed by atoms with Gasteiger partial charge in [0.05, 0.1) is 24.9 Å². The number of hydrogen-bond donors (Lipinski definition) is 1. The maximum atomic E-state index is 13.2. The molecular weight excluding hydrogens is 494 g/mol. The van der Waals surface area contributed by atoms with Gasteiger partial charge in [-0.25, -0.2) is 9.48 Å². The molecule has 2 aliphatic heterocycles. The number of amides is 1. The van der Waals surface area contributed by atoms with Crippen molar-refractivity contribution in [2.24, 2.45) is 0 Å². The lowest BCUT2D eigenvalue weighted by Crippen LogP contribution is -2.42. The van der Waals surface area contributed by atoms with Crippen LogP contribution in [0.15, 0.2) is 40.7 Å². The van der Waals surface area contributed by atoms with Crippen LogP contribution in [0.1, 0.15) is 52.1 Å². The highest BCUT2D eigenvalue weighted by atomic mass is 32.2. The first-order chi connectivity index (χ1) is 17.9. The minimum Gasteiger partial charge on any atom is -0.484 e. The predicted octanol–water partition coefficient (Wildman–Crippen LogP) is 3.65. The van der Waals surface area contributed by atoms with Crippen LogP contribution in [0, 0.1) is 0 Å². The second kappa shape index (κ2) is 12.5. The molecule has 2 aromatic rings. The first-order valence-electron chi connectivity index (χ1n) is 12.7. The number of anilines is 1. The molecule has 37 heavy (non-hydrogen) atoms. The quantitative estimate of drug-likeness (QED) is 0.280. The monoisotopic (exact) mass is 529 g/mol. The fourth-order valence-electron chi connectivity index (χ4n) is 4.15. The minimum absolute atomic E-state index is 0.0385. The summed E-state index contributed by atoms with van der Waals surface area (Å²) in [5.41, 5.74) is 1.99. The number of aromatic nitrogens is 3. The number of thioether (sulfide) groups is 1. The standard InChI is InChI=1S/C26H35N5O5S/c1-5-6-15-37-26-28-25-27-18(4)22(24(33)36-17(2)3)23(31(25)29-26)19-7-9-20(10-8-19)35-16-21(32)30-11-13-34-14-12-30/h7-10,17,23H,5-6,11-16H2,1-4H3,(H,27,28,29). The molecule has 1 atom stereocenters. The summed E-state index contributed by atoms with van der Waals surface area (Å²) in [6, 6.07) is 6.86. The third-order valence-electron chi connectivity index (χ3n) is 6.05. The van der Waals surface area contributed by atoms with E-state index in [1.807, 2.05) is 32.9 Å². The number of hydrogen-bond acceptors (Lipinski definition) is 9. The van der Waals surface area contributed by atoms with Crippen molar-refractivity contribution in [2.45, 2.75) is 57.8 Å². The first-order valence-corrected chi connectivity index (χ1v) is 13.7. The van der Waals surface area contributed by atoms with Crippen molar-refractivity contribution in [1.29, 1.82) is 0 Å². The zero-order valence-electron chi connectivity index (χ0n) is 21.9. The Balaban J connectivity index is 1.56. The number of carbonyl (C=O) groups excluding carboxylic acids is 2. The summed E-state index contributed by atoms with van der Waals surface area (Å²) in [5.74, 6) is 1.61. The summed E-state index contributed by atoms with van der Waals surface area (Å²) >= 11 is 1.60. The lowest BCUT2D eigenvalue weighted by Gasteiger charge is -2.28. The van der Waals surface area contributed by atoms with Crippen LogP contribution in [0.25, 0.3) is 0 Å². The summed E-state index contributed by atoms with van der Waals surface area (Å²) < 4.78 is 18.4. The van der Waals surface area contributed by atoms with Crippen LogP contribution in [0.2, 0.25) is 0 Å². The molecule has 0 saturated carbocycles. The molecule has 1 aromatic carbocycles. The van der Waals surface area contributed by atoms with Gasteiger partial charge in [-0.2, -0.15) is 4.98 Å². The number of ether oxygens (including phenoxy) is 3. The number of fused-ring (bicyclic) bond motifs is 1. The Morgan fingerprint density at radius 1 is 1.22 bits per heavy atom. The summed E-state index contributed by atoms with van der Waals surface area (Å²) in [7, 11) is 0. The average Bonchev–Trinajstić information content (AvgIpc) is 3.29. The van der Waals surface area contributed by atoms with E-state index in [4.69, 9.17) is 19.3 Å². The molecule has 1 amide bonds. The SMILES string of the molecule is CCCCSc1nc2n(n1)C(c1ccc(OCC(=O)N3CCOCC3)cc1)C(C(=O)OC(C)C)=C(C)N2. The highest BCUT2D eigenvalue weighted by Crippen LogP contribution is 2.37. The lowest BCUT2D eigenvalue weighted by atomic mass is 9.95. The van der Waals surface area contributed by atoms with Crippen molar-refractivity contribution in [1.82, 2.24) is 19.7 Å². The number of unbranched alkanes of at least 4 members (excludes halogenated alkanes) is 1. The molecule has 0 radical (unpaired) electrons. The molecular formula is C26H35N5O5S. The summed E-state index contributed by atoms with van der Waals surface area (Å²) in [6.07, 6.45) is 1.91. The molecule has 1 saturated heterocycles. The molecule has 1 fully saturated rings. The van der Waals surface area contributed by atoms with E-state index in [9.17, 15) is 9.59 Å². The van der Waals surface area contributed by atoms with Crippen LogP contribution in [-0.2, 0) is 19.1 Å². The van der Waals surface area contributed by atoms with Crippen molar-refractivity contribution < 1.29 is 23.8 Å². The van der Waals surface area contributed by atoms with E-state index in [2.05, 4.69) is 17.2 Å². The van der Waals surface area contributed by atoms with Gasteiger partial charge in [0.1, 0.15) is 11.8 Å². The number of benzene rings is 1. The van der Waals surface area contributed by atoms with E-state index in [-0.39, 0.29) is 18.6 Å². The van der Waals surface area contributed by atoms with Crippen molar-refractivity contribution in [3.05, 3.63) is 41.1 Å². The van der Waals surface area contributed by atoms with Crippen LogP contribution < -0.4 is 10.1 Å². The Kier molecular flexibility index (Phi) is 9.09. The van der Waals surface area contributed by atoms with Gasteiger partial charge >= 0.3 is 5.97 Å². The minimum atomic E-state index is -0.514. The van der Waals surface area contributed by atoms with Gasteiger partial charge < -0.3 is 24.4 Å². The second-order valence-electron chi connectivity index (χ2n) is 9.24. The molecule has 11 heteroatoms. The summed E-state index contributed by atoms with van der Waals surface area (Å²) in [5, 5.41) is 8.62.